The van der Waals surface area contributed by atoms with Crippen molar-refractivity contribution in [2.75, 3.05) is 7.11 Å². The number of rotatable bonds is 5. The molecule has 0 aliphatic rings. The summed E-state index contributed by atoms with van der Waals surface area (Å²) < 4.78 is 6.83. The fraction of sp³-hybridized carbons (Fsp3) is 0.400. The summed E-state index contributed by atoms with van der Waals surface area (Å²) in [6.45, 7) is 1.96. The maximum Gasteiger partial charge on any atom is 0.130 e. The first-order valence-corrected chi connectivity index (χ1v) is 6.95. The molecule has 2 rings (SSSR count). The number of aromatic nitrogens is 2. The minimum atomic E-state index is 0.0174. The second-order valence-corrected chi connectivity index (χ2v) is 5.35. The maximum absolute atomic E-state index is 6.23. The number of hydrogen-bond donors (Lipinski definition) is 1. The van der Waals surface area contributed by atoms with Crippen molar-refractivity contribution in [3.05, 3.63) is 46.2 Å². The van der Waals surface area contributed by atoms with Crippen molar-refractivity contribution in [1.29, 1.82) is 0 Å². The molecule has 0 aliphatic carbocycles. The normalized spacial score (nSPS) is 12.4. The van der Waals surface area contributed by atoms with Gasteiger partial charge in [-0.05, 0) is 37.5 Å². The highest BCUT2D eigenvalue weighted by molar-refractivity contribution is 6.30. The lowest BCUT2D eigenvalue weighted by Crippen LogP contribution is -2.25. The van der Waals surface area contributed by atoms with Crippen LogP contribution in [-0.2, 0) is 19.9 Å². The van der Waals surface area contributed by atoms with Gasteiger partial charge in [-0.1, -0.05) is 23.7 Å². The van der Waals surface area contributed by atoms with Gasteiger partial charge in [0.25, 0.3) is 0 Å². The molecular formula is C15H20ClN3O. The Bertz CT molecular complexity index is 578. The summed E-state index contributed by atoms with van der Waals surface area (Å²) in [6, 6.07) is 7.99. The van der Waals surface area contributed by atoms with Crippen molar-refractivity contribution in [3.8, 4) is 5.75 Å². The Morgan fingerprint density at radius 3 is 2.45 bits per heavy atom. The second kappa shape index (κ2) is 6.29. The van der Waals surface area contributed by atoms with Crippen molar-refractivity contribution < 1.29 is 4.74 Å². The molecule has 0 radical (unpaired) electrons. The van der Waals surface area contributed by atoms with Crippen LogP contribution in [0.4, 0.5) is 0 Å². The average Bonchev–Trinajstić information content (AvgIpc) is 2.66. The first-order valence-electron chi connectivity index (χ1n) is 6.57. The van der Waals surface area contributed by atoms with Crippen LogP contribution in [0.15, 0.2) is 24.3 Å². The van der Waals surface area contributed by atoms with Crippen LogP contribution in [0.2, 0.25) is 5.15 Å². The topological polar surface area (TPSA) is 53.1 Å². The lowest BCUT2D eigenvalue weighted by molar-refractivity contribution is 0.414. The minimum absolute atomic E-state index is 0.0174. The molecule has 1 atom stereocenters. The van der Waals surface area contributed by atoms with Crippen LogP contribution in [0, 0.1) is 6.92 Å². The van der Waals surface area contributed by atoms with Crippen LogP contribution >= 0.6 is 11.6 Å². The second-order valence-electron chi connectivity index (χ2n) is 4.99. The van der Waals surface area contributed by atoms with Crippen molar-refractivity contribution >= 4 is 11.6 Å². The number of hydrogen-bond acceptors (Lipinski definition) is 3. The molecule has 2 aromatic rings. The van der Waals surface area contributed by atoms with Crippen LogP contribution in [0.25, 0.3) is 0 Å². The van der Waals surface area contributed by atoms with Gasteiger partial charge in [0, 0.05) is 18.7 Å². The number of methoxy groups -OCH3 is 1. The van der Waals surface area contributed by atoms with E-state index in [1.54, 1.807) is 11.8 Å². The summed E-state index contributed by atoms with van der Waals surface area (Å²) in [5.41, 5.74) is 9.40. The van der Waals surface area contributed by atoms with E-state index in [1.807, 2.05) is 38.2 Å². The number of benzene rings is 1. The Labute approximate surface area is 124 Å². The van der Waals surface area contributed by atoms with E-state index in [0.717, 1.165) is 29.8 Å². The molecule has 0 bridgehead atoms. The van der Waals surface area contributed by atoms with E-state index in [4.69, 9.17) is 22.1 Å². The van der Waals surface area contributed by atoms with Crippen LogP contribution in [0.5, 0.6) is 5.75 Å². The lowest BCUT2D eigenvalue weighted by Gasteiger charge is -2.12. The predicted molar refractivity (Wildman–Crippen MR) is 81.3 cm³/mol. The number of nitrogens with zero attached hydrogens (tertiary/aromatic N) is 2. The quantitative estimate of drug-likeness (QED) is 0.921. The molecule has 2 N–H and O–H groups in total. The number of ether oxygens (including phenoxy) is 1. The molecule has 0 spiro atoms. The zero-order valence-electron chi connectivity index (χ0n) is 12.1. The molecule has 1 aromatic carbocycles. The summed E-state index contributed by atoms with van der Waals surface area (Å²) in [5, 5.41) is 4.98. The van der Waals surface area contributed by atoms with E-state index in [0.29, 0.717) is 5.15 Å². The van der Waals surface area contributed by atoms with Crippen LogP contribution in [0.3, 0.4) is 0 Å². The molecular weight excluding hydrogens is 274 g/mol. The molecule has 20 heavy (non-hydrogen) atoms. The Morgan fingerprint density at radius 1 is 1.30 bits per heavy atom. The summed E-state index contributed by atoms with van der Waals surface area (Å²) in [5.74, 6) is 0.855. The van der Waals surface area contributed by atoms with Gasteiger partial charge in [-0.3, -0.25) is 4.68 Å². The molecule has 4 nitrogen and oxygen atoms in total. The number of halogens is 1. The largest absolute Gasteiger partial charge is 0.497 e. The summed E-state index contributed by atoms with van der Waals surface area (Å²) in [7, 11) is 3.50. The standard InChI is InChI=1S/C15H20ClN3O/c1-10-14(15(16)19(2)18-10)9-12(17)8-11-4-6-13(20-3)7-5-11/h4-7,12H,8-9,17H2,1-3H3. The number of nitrogens with two attached hydrogens (primary N) is 1. The number of aryl methyl sites for hydroxylation is 2. The van der Waals surface area contributed by atoms with Gasteiger partial charge in [0.05, 0.1) is 12.8 Å². The zero-order valence-corrected chi connectivity index (χ0v) is 12.8. The van der Waals surface area contributed by atoms with E-state index < -0.39 is 0 Å². The maximum atomic E-state index is 6.23. The highest BCUT2D eigenvalue weighted by atomic mass is 35.5. The fourth-order valence-electron chi connectivity index (χ4n) is 2.30. The molecule has 108 valence electrons. The van der Waals surface area contributed by atoms with Gasteiger partial charge < -0.3 is 10.5 Å². The van der Waals surface area contributed by atoms with E-state index in [9.17, 15) is 0 Å². The van der Waals surface area contributed by atoms with Crippen LogP contribution in [0.1, 0.15) is 16.8 Å². The van der Waals surface area contributed by atoms with E-state index in [2.05, 4.69) is 5.10 Å². The SMILES string of the molecule is COc1ccc(CC(N)Cc2c(C)nn(C)c2Cl)cc1. The van der Waals surface area contributed by atoms with E-state index in [1.165, 1.54) is 5.56 Å². The summed E-state index contributed by atoms with van der Waals surface area (Å²) >= 11 is 6.23. The van der Waals surface area contributed by atoms with Gasteiger partial charge in [-0.15, -0.1) is 0 Å². The van der Waals surface area contributed by atoms with Crippen molar-refractivity contribution in [3.63, 3.8) is 0 Å². The Morgan fingerprint density at radius 2 is 1.95 bits per heavy atom. The molecule has 5 heteroatoms. The Hall–Kier alpha value is -1.52. The Balaban J connectivity index is 2.02. The summed E-state index contributed by atoms with van der Waals surface area (Å²) in [6.07, 6.45) is 1.53. The highest BCUT2D eigenvalue weighted by Gasteiger charge is 2.15. The summed E-state index contributed by atoms with van der Waals surface area (Å²) in [4.78, 5) is 0. The average molecular weight is 294 g/mol. The molecule has 1 aromatic heterocycles. The van der Waals surface area contributed by atoms with Crippen molar-refractivity contribution in [1.82, 2.24) is 9.78 Å². The third-order valence-electron chi connectivity index (χ3n) is 3.39. The molecule has 0 fully saturated rings. The van der Waals surface area contributed by atoms with Gasteiger partial charge in [0.2, 0.25) is 0 Å². The van der Waals surface area contributed by atoms with Crippen molar-refractivity contribution in [2.24, 2.45) is 12.8 Å². The molecule has 1 unspecified atom stereocenters. The van der Waals surface area contributed by atoms with Gasteiger partial charge >= 0.3 is 0 Å². The van der Waals surface area contributed by atoms with Gasteiger partial charge in [-0.25, -0.2) is 0 Å². The first kappa shape index (κ1) is 14.9. The Kier molecular flexibility index (Phi) is 4.68. The highest BCUT2D eigenvalue weighted by Crippen LogP contribution is 2.21. The minimum Gasteiger partial charge on any atom is -0.497 e. The zero-order chi connectivity index (χ0) is 14.7. The molecule has 0 amide bonds. The van der Waals surface area contributed by atoms with Crippen LogP contribution < -0.4 is 10.5 Å². The smallest absolute Gasteiger partial charge is 0.130 e. The van der Waals surface area contributed by atoms with E-state index >= 15 is 0 Å². The third kappa shape index (κ3) is 3.32. The van der Waals surface area contributed by atoms with Crippen LogP contribution in [-0.4, -0.2) is 22.9 Å². The monoisotopic (exact) mass is 293 g/mol. The first-order chi connectivity index (χ1) is 9.51. The molecule has 0 saturated carbocycles. The fourth-order valence-corrected chi connectivity index (χ4v) is 2.56. The lowest BCUT2D eigenvalue weighted by atomic mass is 10.0. The third-order valence-corrected chi connectivity index (χ3v) is 3.87. The van der Waals surface area contributed by atoms with Gasteiger partial charge in [-0.2, -0.15) is 5.10 Å². The van der Waals surface area contributed by atoms with E-state index in [-0.39, 0.29) is 6.04 Å². The molecule has 0 aliphatic heterocycles. The van der Waals surface area contributed by atoms with Gasteiger partial charge in [0.1, 0.15) is 10.9 Å². The van der Waals surface area contributed by atoms with Gasteiger partial charge in [0.15, 0.2) is 0 Å². The molecule has 1 heterocycles. The van der Waals surface area contributed by atoms with Crippen molar-refractivity contribution in [2.45, 2.75) is 25.8 Å². The molecule has 0 saturated heterocycles. The predicted octanol–water partition coefficient (Wildman–Crippen LogP) is 2.50.